The van der Waals surface area contributed by atoms with Gasteiger partial charge in [-0.2, -0.15) is 0 Å². The van der Waals surface area contributed by atoms with Crippen LogP contribution in [0.3, 0.4) is 0 Å². The van der Waals surface area contributed by atoms with Gasteiger partial charge in [0, 0.05) is 18.2 Å². The standard InChI is InChI=1S/C18H26FNO/c1-13(2)11-12-20(15-7-4-5-8-15)18-16(14(3)21)9-6-10-17(18)19/h6,9-10,13,15H,4-5,7-8,11-12H2,1-3H3. The molecule has 1 fully saturated rings. The lowest BCUT2D eigenvalue weighted by molar-refractivity contribution is 0.101. The molecule has 0 atom stereocenters. The van der Waals surface area contributed by atoms with Gasteiger partial charge in [-0.3, -0.25) is 4.79 Å². The zero-order valence-electron chi connectivity index (χ0n) is 13.4. The van der Waals surface area contributed by atoms with Gasteiger partial charge in [0.05, 0.1) is 5.69 Å². The van der Waals surface area contributed by atoms with Crippen molar-refractivity contribution in [3.8, 4) is 0 Å². The van der Waals surface area contributed by atoms with E-state index >= 15 is 0 Å². The van der Waals surface area contributed by atoms with Crippen LogP contribution in [0, 0.1) is 11.7 Å². The number of halogens is 1. The molecule has 0 amide bonds. The van der Waals surface area contributed by atoms with Gasteiger partial charge >= 0.3 is 0 Å². The van der Waals surface area contributed by atoms with Gasteiger partial charge in [-0.15, -0.1) is 0 Å². The normalized spacial score (nSPS) is 15.7. The number of anilines is 1. The zero-order valence-corrected chi connectivity index (χ0v) is 13.4. The molecular weight excluding hydrogens is 265 g/mol. The number of benzene rings is 1. The summed E-state index contributed by atoms with van der Waals surface area (Å²) in [5.74, 6) is 0.247. The Kier molecular flexibility index (Phi) is 5.38. The average Bonchev–Trinajstić information content (AvgIpc) is 2.93. The topological polar surface area (TPSA) is 20.3 Å². The molecule has 0 aromatic heterocycles. The Morgan fingerprint density at radius 1 is 1.33 bits per heavy atom. The van der Waals surface area contributed by atoms with Crippen molar-refractivity contribution in [1.82, 2.24) is 0 Å². The van der Waals surface area contributed by atoms with Crippen molar-refractivity contribution in [3.63, 3.8) is 0 Å². The van der Waals surface area contributed by atoms with E-state index in [9.17, 15) is 9.18 Å². The molecule has 0 unspecified atom stereocenters. The fourth-order valence-electron chi connectivity index (χ4n) is 3.18. The van der Waals surface area contributed by atoms with E-state index in [-0.39, 0.29) is 11.6 Å². The highest BCUT2D eigenvalue weighted by atomic mass is 19.1. The van der Waals surface area contributed by atoms with Gasteiger partial charge in [-0.05, 0) is 44.2 Å². The lowest BCUT2D eigenvalue weighted by Crippen LogP contribution is -2.36. The summed E-state index contributed by atoms with van der Waals surface area (Å²) in [6.07, 6.45) is 5.62. The van der Waals surface area contributed by atoms with E-state index in [1.54, 1.807) is 12.1 Å². The molecule has 0 N–H and O–H groups in total. The summed E-state index contributed by atoms with van der Waals surface area (Å²) in [6.45, 7) is 6.71. The number of carbonyl (C=O) groups is 1. The molecule has 1 aliphatic carbocycles. The van der Waals surface area contributed by atoms with Crippen molar-refractivity contribution in [2.45, 2.75) is 58.9 Å². The molecule has 0 radical (unpaired) electrons. The van der Waals surface area contributed by atoms with Crippen molar-refractivity contribution >= 4 is 11.5 Å². The summed E-state index contributed by atoms with van der Waals surface area (Å²) < 4.78 is 14.4. The molecule has 1 aromatic carbocycles. The van der Waals surface area contributed by atoms with Crippen LogP contribution in [0.25, 0.3) is 0 Å². The maximum atomic E-state index is 14.4. The van der Waals surface area contributed by atoms with E-state index in [0.29, 0.717) is 23.2 Å². The highest BCUT2D eigenvalue weighted by Gasteiger charge is 2.27. The number of hydrogen-bond donors (Lipinski definition) is 0. The van der Waals surface area contributed by atoms with Gasteiger partial charge in [-0.1, -0.05) is 32.8 Å². The molecule has 116 valence electrons. The van der Waals surface area contributed by atoms with Gasteiger partial charge in [0.15, 0.2) is 5.78 Å². The smallest absolute Gasteiger partial charge is 0.161 e. The van der Waals surface area contributed by atoms with Crippen molar-refractivity contribution in [3.05, 3.63) is 29.6 Å². The molecule has 1 aliphatic rings. The highest BCUT2D eigenvalue weighted by Crippen LogP contribution is 2.33. The Morgan fingerprint density at radius 3 is 2.57 bits per heavy atom. The minimum absolute atomic E-state index is 0.0583. The Hall–Kier alpha value is -1.38. The Bertz CT molecular complexity index is 492. The third-order valence-electron chi connectivity index (χ3n) is 4.37. The molecule has 1 aromatic rings. The summed E-state index contributed by atoms with van der Waals surface area (Å²) in [4.78, 5) is 14.0. The Labute approximate surface area is 127 Å². The summed E-state index contributed by atoms with van der Waals surface area (Å²) in [5.41, 5.74) is 1.04. The van der Waals surface area contributed by atoms with E-state index in [0.717, 1.165) is 25.8 Å². The Morgan fingerprint density at radius 2 is 2.00 bits per heavy atom. The molecule has 0 spiro atoms. The van der Waals surface area contributed by atoms with Gasteiger partial charge in [0.25, 0.3) is 0 Å². The number of nitrogens with zero attached hydrogens (tertiary/aromatic N) is 1. The molecule has 2 rings (SSSR count). The second kappa shape index (κ2) is 7.06. The third kappa shape index (κ3) is 3.84. The zero-order chi connectivity index (χ0) is 15.4. The minimum Gasteiger partial charge on any atom is -0.366 e. The van der Waals surface area contributed by atoms with Crippen LogP contribution >= 0.6 is 0 Å². The predicted molar refractivity (Wildman–Crippen MR) is 85.5 cm³/mol. The molecule has 2 nitrogen and oxygen atoms in total. The number of para-hydroxylation sites is 1. The molecular formula is C18H26FNO. The van der Waals surface area contributed by atoms with Crippen LogP contribution in [-0.2, 0) is 0 Å². The largest absolute Gasteiger partial charge is 0.366 e. The van der Waals surface area contributed by atoms with Crippen LogP contribution in [0.1, 0.15) is 63.2 Å². The fourth-order valence-corrected chi connectivity index (χ4v) is 3.18. The molecule has 0 bridgehead atoms. The first-order chi connectivity index (χ1) is 10.0. The van der Waals surface area contributed by atoms with Gasteiger partial charge < -0.3 is 4.90 Å². The quantitative estimate of drug-likeness (QED) is 0.700. The Balaban J connectivity index is 2.37. The van der Waals surface area contributed by atoms with Crippen LogP contribution in [0.5, 0.6) is 0 Å². The van der Waals surface area contributed by atoms with Crippen LogP contribution in [0.15, 0.2) is 18.2 Å². The molecule has 21 heavy (non-hydrogen) atoms. The maximum absolute atomic E-state index is 14.4. The SMILES string of the molecule is CC(=O)c1cccc(F)c1N(CCC(C)C)C1CCCC1. The summed E-state index contributed by atoms with van der Waals surface area (Å²) in [5, 5.41) is 0. The predicted octanol–water partition coefficient (Wildman–Crippen LogP) is 4.82. The van der Waals surface area contributed by atoms with E-state index < -0.39 is 0 Å². The van der Waals surface area contributed by atoms with Gasteiger partial charge in [0.2, 0.25) is 0 Å². The fraction of sp³-hybridized carbons (Fsp3) is 0.611. The summed E-state index contributed by atoms with van der Waals surface area (Å²) in [6, 6.07) is 5.22. The highest BCUT2D eigenvalue weighted by molar-refractivity contribution is 5.99. The monoisotopic (exact) mass is 291 g/mol. The van der Waals surface area contributed by atoms with E-state index in [1.807, 2.05) is 0 Å². The third-order valence-corrected chi connectivity index (χ3v) is 4.37. The lowest BCUT2D eigenvalue weighted by atomic mass is 10.0. The van der Waals surface area contributed by atoms with E-state index in [1.165, 1.54) is 25.8 Å². The van der Waals surface area contributed by atoms with Crippen LogP contribution in [0.2, 0.25) is 0 Å². The molecule has 1 saturated carbocycles. The molecule has 0 heterocycles. The summed E-state index contributed by atoms with van der Waals surface area (Å²) >= 11 is 0. The maximum Gasteiger partial charge on any atom is 0.161 e. The number of carbonyl (C=O) groups excluding carboxylic acids is 1. The van der Waals surface area contributed by atoms with Crippen molar-refractivity contribution < 1.29 is 9.18 Å². The van der Waals surface area contributed by atoms with E-state index in [2.05, 4.69) is 18.7 Å². The first kappa shape index (κ1) is 16.0. The van der Waals surface area contributed by atoms with Crippen LogP contribution < -0.4 is 4.90 Å². The van der Waals surface area contributed by atoms with E-state index in [4.69, 9.17) is 0 Å². The minimum atomic E-state index is -0.265. The second-order valence-electron chi connectivity index (χ2n) is 6.51. The number of ketones is 1. The summed E-state index contributed by atoms with van der Waals surface area (Å²) in [7, 11) is 0. The van der Waals surface area contributed by atoms with Crippen molar-refractivity contribution in [2.24, 2.45) is 5.92 Å². The van der Waals surface area contributed by atoms with Gasteiger partial charge in [-0.25, -0.2) is 4.39 Å². The molecule has 3 heteroatoms. The molecule has 0 aliphatic heterocycles. The van der Waals surface area contributed by atoms with Crippen LogP contribution in [-0.4, -0.2) is 18.4 Å². The van der Waals surface area contributed by atoms with Crippen molar-refractivity contribution in [2.75, 3.05) is 11.4 Å². The second-order valence-corrected chi connectivity index (χ2v) is 6.51. The number of hydrogen-bond acceptors (Lipinski definition) is 2. The van der Waals surface area contributed by atoms with Gasteiger partial charge in [0.1, 0.15) is 5.82 Å². The number of Topliss-reactive ketones (excluding diaryl/α,β-unsaturated/α-hetero) is 1. The first-order valence-corrected chi connectivity index (χ1v) is 8.06. The first-order valence-electron chi connectivity index (χ1n) is 8.06. The van der Waals surface area contributed by atoms with Crippen LogP contribution in [0.4, 0.5) is 10.1 Å². The lowest BCUT2D eigenvalue weighted by Gasteiger charge is -2.33. The average molecular weight is 291 g/mol. The van der Waals surface area contributed by atoms with Crippen molar-refractivity contribution in [1.29, 1.82) is 0 Å². The molecule has 0 saturated heterocycles. The number of rotatable bonds is 6.